The summed E-state index contributed by atoms with van der Waals surface area (Å²) in [6, 6.07) is 21.9. The first kappa shape index (κ1) is 24.7. The van der Waals surface area contributed by atoms with Crippen LogP contribution in [0.1, 0.15) is 21.7 Å². The Bertz CT molecular complexity index is 1280. The summed E-state index contributed by atoms with van der Waals surface area (Å²) in [6.07, 6.45) is 1.76. The third kappa shape index (κ3) is 6.11. The number of nitrogens with two attached hydrogens (primary N) is 1. The number of thiazole rings is 1. The zero-order valence-electron chi connectivity index (χ0n) is 17.6. The van der Waals surface area contributed by atoms with E-state index in [2.05, 4.69) is 23.5 Å². The predicted molar refractivity (Wildman–Crippen MR) is 142 cm³/mol. The zero-order valence-corrected chi connectivity index (χ0v) is 19.2. The number of unbranched alkanes of at least 4 members (excludes halogenated alkanes) is 1. The molecule has 1 amide bonds. The van der Waals surface area contributed by atoms with E-state index in [1.54, 1.807) is 0 Å². The summed E-state index contributed by atoms with van der Waals surface area (Å²) in [7, 11) is 0. The average molecular weight is 483 g/mol. The molecule has 0 radical (unpaired) electrons. The number of nitrogens with zero attached hydrogens (tertiary/aromatic N) is 2. The summed E-state index contributed by atoms with van der Waals surface area (Å²) in [4.78, 5) is 18.4. The molecule has 0 unspecified atom stereocenters. The largest absolute Gasteiger partial charge is 0.355 e. The molecule has 4 aromatic rings. The maximum Gasteiger partial charge on any atom is 0.240 e. The van der Waals surface area contributed by atoms with E-state index in [0.717, 1.165) is 45.4 Å². The zero-order chi connectivity index (χ0) is 22.3. The first-order valence-electron chi connectivity index (χ1n) is 10.6. The van der Waals surface area contributed by atoms with Crippen LogP contribution in [-0.4, -0.2) is 23.6 Å². The van der Waals surface area contributed by atoms with Crippen molar-refractivity contribution in [3.05, 3.63) is 81.9 Å². The number of fused-ring (bicyclic) bond motifs is 1. The van der Waals surface area contributed by atoms with Crippen molar-refractivity contribution in [1.82, 2.24) is 9.88 Å². The fourth-order valence-electron chi connectivity index (χ4n) is 3.53. The van der Waals surface area contributed by atoms with Crippen LogP contribution in [0.25, 0.3) is 22.0 Å². The van der Waals surface area contributed by atoms with Crippen molar-refractivity contribution in [3.63, 3.8) is 0 Å². The van der Waals surface area contributed by atoms with Gasteiger partial charge in [0.05, 0.1) is 11.4 Å². The van der Waals surface area contributed by atoms with Gasteiger partial charge in [-0.25, -0.2) is 4.99 Å². The van der Waals surface area contributed by atoms with Crippen molar-refractivity contribution in [2.75, 3.05) is 13.1 Å². The summed E-state index contributed by atoms with van der Waals surface area (Å²) in [5.74, 6) is -0.0463. The van der Waals surface area contributed by atoms with Gasteiger partial charge in [-0.1, -0.05) is 67.6 Å². The van der Waals surface area contributed by atoms with Gasteiger partial charge in [-0.2, -0.15) is 0 Å². The summed E-state index contributed by atoms with van der Waals surface area (Å²) in [5, 5.41) is 7.91. The Morgan fingerprint density at radius 1 is 1.06 bits per heavy atom. The van der Waals surface area contributed by atoms with Crippen LogP contribution >= 0.6 is 22.9 Å². The molecule has 0 aliphatic heterocycles. The molecule has 0 bridgehead atoms. The number of aromatic nitrogens is 1. The summed E-state index contributed by atoms with van der Waals surface area (Å²) < 4.78 is 1.97. The summed E-state index contributed by atoms with van der Waals surface area (Å²) in [5.41, 5.74) is 8.34. The Kier molecular flexibility index (Phi) is 8.83. The molecule has 1 aromatic heterocycles. The molecule has 0 fully saturated rings. The van der Waals surface area contributed by atoms with Gasteiger partial charge in [0.2, 0.25) is 5.91 Å². The van der Waals surface area contributed by atoms with Crippen LogP contribution in [0.2, 0.25) is 5.02 Å². The van der Waals surface area contributed by atoms with Crippen molar-refractivity contribution in [1.29, 1.82) is 0 Å². The molecular formula is C26H31ClN4OS. The van der Waals surface area contributed by atoms with Crippen LogP contribution < -0.4 is 15.9 Å². The van der Waals surface area contributed by atoms with Gasteiger partial charge >= 0.3 is 0 Å². The maximum atomic E-state index is 12.7. The van der Waals surface area contributed by atoms with Crippen LogP contribution in [-0.2, 0) is 11.3 Å². The number of carbonyl (C=O) groups is 1. The highest BCUT2D eigenvalue weighted by Gasteiger charge is 2.12. The second-order valence-corrected chi connectivity index (χ2v) is 8.73. The van der Waals surface area contributed by atoms with Crippen LogP contribution in [0, 0.1) is 0 Å². The Balaban J connectivity index is 0.00000204. The molecule has 0 aliphatic rings. The first-order valence-corrected chi connectivity index (χ1v) is 11.8. The predicted octanol–water partition coefficient (Wildman–Crippen LogP) is 5.99. The fraction of sp³-hybridized carbons (Fsp3) is 0.231. The third-order valence-electron chi connectivity index (χ3n) is 5.18. The minimum atomic E-state index is -0.0463. The number of hydrogen-bond donors (Lipinski definition) is 2. The van der Waals surface area contributed by atoms with Gasteiger partial charge in [0.25, 0.3) is 0 Å². The summed E-state index contributed by atoms with van der Waals surface area (Å²) >= 11 is 7.60. The van der Waals surface area contributed by atoms with Gasteiger partial charge in [-0.15, -0.1) is 11.3 Å². The molecule has 3 N–H and O–H groups in total. The van der Waals surface area contributed by atoms with E-state index in [4.69, 9.17) is 22.3 Å². The number of hydrogen-bond acceptors (Lipinski definition) is 4. The Hall–Kier alpha value is -2.93. The molecule has 0 spiro atoms. The molecule has 5 nitrogen and oxygen atoms in total. The smallest absolute Gasteiger partial charge is 0.240 e. The van der Waals surface area contributed by atoms with Crippen molar-refractivity contribution in [3.8, 4) is 11.3 Å². The van der Waals surface area contributed by atoms with Gasteiger partial charge in [0.15, 0.2) is 4.80 Å². The van der Waals surface area contributed by atoms with E-state index >= 15 is 0 Å². The Morgan fingerprint density at radius 3 is 2.61 bits per heavy atom. The van der Waals surface area contributed by atoms with E-state index in [1.807, 2.05) is 58.5 Å². The lowest BCUT2D eigenvalue weighted by molar-refractivity contribution is -0.121. The van der Waals surface area contributed by atoms with Crippen LogP contribution in [0.4, 0.5) is 5.69 Å². The number of carbonyl (C=O) groups excluding carboxylic acids is 1. The molecule has 0 aliphatic carbocycles. The Labute approximate surface area is 205 Å². The fourth-order valence-corrected chi connectivity index (χ4v) is 4.58. The molecule has 0 saturated carbocycles. The maximum absolute atomic E-state index is 12.7. The lowest BCUT2D eigenvalue weighted by Crippen LogP contribution is -2.32. The topological polar surface area (TPSA) is 72.4 Å². The second-order valence-electron chi connectivity index (χ2n) is 7.45. The van der Waals surface area contributed by atoms with Crippen LogP contribution in [0.5, 0.6) is 0 Å². The molecule has 174 valence electrons. The van der Waals surface area contributed by atoms with Crippen LogP contribution in [0.15, 0.2) is 77.1 Å². The van der Waals surface area contributed by atoms with Crippen molar-refractivity contribution in [2.24, 2.45) is 10.7 Å². The van der Waals surface area contributed by atoms with E-state index in [0.29, 0.717) is 18.1 Å². The molecular weight excluding hydrogens is 452 g/mol. The quantitative estimate of drug-likeness (QED) is 0.302. The third-order valence-corrected chi connectivity index (χ3v) is 6.29. The molecule has 0 atom stereocenters. The molecule has 4 rings (SSSR count). The van der Waals surface area contributed by atoms with Crippen molar-refractivity contribution < 1.29 is 6.22 Å². The van der Waals surface area contributed by atoms with E-state index in [9.17, 15) is 4.79 Å². The lowest BCUT2D eigenvalue weighted by atomic mass is 10.1. The highest BCUT2D eigenvalue weighted by atomic mass is 35.5. The van der Waals surface area contributed by atoms with Gasteiger partial charge < -0.3 is 15.6 Å². The first-order chi connectivity index (χ1) is 15.7. The highest BCUT2D eigenvalue weighted by molar-refractivity contribution is 7.07. The number of halogens is 1. The van der Waals surface area contributed by atoms with E-state index < -0.39 is 0 Å². The molecule has 0 saturated heterocycles. The number of benzene rings is 3. The highest BCUT2D eigenvalue weighted by Crippen LogP contribution is 2.26. The minimum Gasteiger partial charge on any atom is -0.355 e. The molecule has 7 heteroatoms. The SMILES string of the molecule is C.NCCCCNC(=O)Cn1c(-c2ccc(Cl)cc2)csc1=Nc1cccc2ccccc12.[HH]. The lowest BCUT2D eigenvalue weighted by Gasteiger charge is -2.10. The monoisotopic (exact) mass is 482 g/mol. The van der Waals surface area contributed by atoms with Crippen LogP contribution in [0.3, 0.4) is 0 Å². The normalized spacial score (nSPS) is 11.4. The van der Waals surface area contributed by atoms with E-state index in [1.165, 1.54) is 11.3 Å². The van der Waals surface area contributed by atoms with Crippen molar-refractivity contribution in [2.45, 2.75) is 26.8 Å². The summed E-state index contributed by atoms with van der Waals surface area (Å²) in [6.45, 7) is 1.43. The number of nitrogens with one attached hydrogen (secondary N) is 1. The Morgan fingerprint density at radius 2 is 1.82 bits per heavy atom. The molecule has 1 heterocycles. The van der Waals surface area contributed by atoms with Crippen molar-refractivity contribution >= 4 is 45.3 Å². The standard InChI is InChI=1S/C25H25ClN4OS.CH4.H2/c26-20-12-10-19(11-13-20)23-17-32-25(30(23)16-24(31)28-15-4-3-14-27)29-22-9-5-7-18-6-1-2-8-21(18)22;;/h1-2,5-13,17H,3-4,14-16,27H2,(H,28,31);1H4;1H. The van der Waals surface area contributed by atoms with Gasteiger partial charge in [-0.05, 0) is 48.5 Å². The van der Waals surface area contributed by atoms with Gasteiger partial charge in [0.1, 0.15) is 6.54 Å². The minimum absolute atomic E-state index is 0. The van der Waals surface area contributed by atoms with Gasteiger partial charge in [0, 0.05) is 23.8 Å². The second kappa shape index (κ2) is 11.8. The molecule has 33 heavy (non-hydrogen) atoms. The number of rotatable bonds is 8. The molecule has 3 aromatic carbocycles. The average Bonchev–Trinajstić information content (AvgIpc) is 3.19. The van der Waals surface area contributed by atoms with Gasteiger partial charge in [-0.3, -0.25) is 4.79 Å². The number of amides is 1. The van der Waals surface area contributed by atoms with E-state index in [-0.39, 0.29) is 21.3 Å².